The molecule has 1 amide bonds. The number of rotatable bonds is 1. The maximum atomic E-state index is 10.6. The molecule has 64 valence electrons. The van der Waals surface area contributed by atoms with E-state index in [-0.39, 0.29) is 5.24 Å². The van der Waals surface area contributed by atoms with Gasteiger partial charge in [-0.25, -0.2) is 0 Å². The van der Waals surface area contributed by atoms with Crippen molar-refractivity contribution in [1.82, 2.24) is 0 Å². The van der Waals surface area contributed by atoms with Gasteiger partial charge < -0.3 is 5.73 Å². The average molecular weight is 181 g/mol. The molecule has 1 rings (SSSR count). The van der Waals surface area contributed by atoms with Crippen molar-refractivity contribution < 1.29 is 4.79 Å². The molecule has 0 bridgehead atoms. The molecule has 0 atom stereocenters. The van der Waals surface area contributed by atoms with Gasteiger partial charge >= 0.3 is 0 Å². The van der Waals surface area contributed by atoms with Gasteiger partial charge in [-0.2, -0.15) is 0 Å². The van der Waals surface area contributed by atoms with Crippen LogP contribution in [0.25, 0.3) is 0 Å². The number of nitrogens with two attached hydrogens (primary N) is 1. The van der Waals surface area contributed by atoms with Gasteiger partial charge in [-0.05, 0) is 42.8 Å². The smallest absolute Gasteiger partial charge is 0.281 e. The number of benzene rings is 1. The quantitative estimate of drug-likeness (QED) is 0.676. The molecule has 0 aromatic heterocycles. The monoisotopic (exact) mass is 181 g/mol. The summed E-state index contributed by atoms with van der Waals surface area (Å²) in [5.74, 6) is 0. The van der Waals surface area contributed by atoms with Gasteiger partial charge in [-0.15, -0.1) is 0 Å². The number of hydrogen-bond donors (Lipinski definition) is 1. The molecule has 2 N–H and O–H groups in total. The van der Waals surface area contributed by atoms with Crippen LogP contribution in [0, 0.1) is 13.8 Å². The fourth-order valence-corrected chi connectivity index (χ4v) is 1.62. The Hall–Kier alpha value is -0.960. The van der Waals surface area contributed by atoms with Crippen LogP contribution in [0.15, 0.2) is 23.1 Å². The molecule has 0 aliphatic rings. The number of carbonyl (C=O) groups is 1. The van der Waals surface area contributed by atoms with E-state index in [1.54, 1.807) is 0 Å². The van der Waals surface area contributed by atoms with Crippen molar-refractivity contribution in [3.63, 3.8) is 0 Å². The topological polar surface area (TPSA) is 43.1 Å². The number of hydrogen-bond acceptors (Lipinski definition) is 2. The minimum Gasteiger partial charge on any atom is -0.360 e. The first-order valence-corrected chi connectivity index (χ1v) is 4.46. The van der Waals surface area contributed by atoms with Crippen LogP contribution in [-0.4, -0.2) is 5.24 Å². The summed E-state index contributed by atoms with van der Waals surface area (Å²) >= 11 is 1.08. The lowest BCUT2D eigenvalue weighted by Crippen LogP contribution is -2.02. The number of aryl methyl sites for hydroxylation is 2. The van der Waals surface area contributed by atoms with E-state index < -0.39 is 0 Å². The van der Waals surface area contributed by atoms with Crippen LogP contribution in [0.5, 0.6) is 0 Å². The third-order valence-electron chi connectivity index (χ3n) is 1.55. The summed E-state index contributed by atoms with van der Waals surface area (Å²) in [5, 5.41) is -0.358. The minimum atomic E-state index is -0.358. The SMILES string of the molecule is Cc1ccc(C)c(SC(N)=O)c1. The second kappa shape index (κ2) is 3.63. The van der Waals surface area contributed by atoms with Gasteiger partial charge in [0.15, 0.2) is 0 Å². The van der Waals surface area contributed by atoms with Gasteiger partial charge in [0.25, 0.3) is 5.24 Å². The van der Waals surface area contributed by atoms with Crippen LogP contribution < -0.4 is 5.73 Å². The van der Waals surface area contributed by atoms with Crippen LogP contribution in [-0.2, 0) is 0 Å². The second-order valence-electron chi connectivity index (χ2n) is 2.69. The summed E-state index contributed by atoms with van der Waals surface area (Å²) in [6, 6.07) is 5.96. The van der Waals surface area contributed by atoms with Crippen molar-refractivity contribution in [2.75, 3.05) is 0 Å². The summed E-state index contributed by atoms with van der Waals surface area (Å²) in [4.78, 5) is 11.6. The van der Waals surface area contributed by atoms with Crippen molar-refractivity contribution in [2.24, 2.45) is 5.73 Å². The Balaban J connectivity index is 2.97. The summed E-state index contributed by atoms with van der Waals surface area (Å²) in [7, 11) is 0. The molecule has 3 heteroatoms. The van der Waals surface area contributed by atoms with E-state index in [9.17, 15) is 4.79 Å². The summed E-state index contributed by atoms with van der Waals surface area (Å²) in [5.41, 5.74) is 7.30. The number of carbonyl (C=O) groups excluding carboxylic acids is 1. The first-order chi connectivity index (χ1) is 5.59. The molecule has 12 heavy (non-hydrogen) atoms. The Morgan fingerprint density at radius 1 is 1.42 bits per heavy atom. The third-order valence-corrected chi connectivity index (χ3v) is 2.42. The fraction of sp³-hybridized carbons (Fsp3) is 0.222. The molecular weight excluding hydrogens is 170 g/mol. The van der Waals surface area contributed by atoms with Gasteiger partial charge in [-0.1, -0.05) is 12.1 Å². The standard InChI is InChI=1S/C9H11NOS/c1-6-3-4-7(2)8(5-6)12-9(10)11/h3-5H,1-2H3,(H2,10,11). The highest BCUT2D eigenvalue weighted by Gasteiger charge is 2.02. The maximum absolute atomic E-state index is 10.6. The summed E-state index contributed by atoms with van der Waals surface area (Å²) in [6.07, 6.45) is 0. The Morgan fingerprint density at radius 2 is 2.08 bits per heavy atom. The first-order valence-electron chi connectivity index (χ1n) is 3.64. The molecule has 0 saturated carbocycles. The number of thioether (sulfide) groups is 1. The highest BCUT2D eigenvalue weighted by Crippen LogP contribution is 2.22. The van der Waals surface area contributed by atoms with Crippen LogP contribution in [0.2, 0.25) is 0 Å². The minimum absolute atomic E-state index is 0.358. The average Bonchev–Trinajstić information content (AvgIpc) is 1.96. The molecule has 0 unspecified atom stereocenters. The van der Waals surface area contributed by atoms with E-state index in [1.165, 1.54) is 0 Å². The highest BCUT2D eigenvalue weighted by atomic mass is 32.2. The summed E-state index contributed by atoms with van der Waals surface area (Å²) < 4.78 is 0. The van der Waals surface area contributed by atoms with Crippen LogP contribution in [0.4, 0.5) is 4.79 Å². The molecule has 1 aromatic carbocycles. The Kier molecular flexibility index (Phi) is 2.76. The van der Waals surface area contributed by atoms with E-state index >= 15 is 0 Å². The highest BCUT2D eigenvalue weighted by molar-refractivity contribution is 8.13. The van der Waals surface area contributed by atoms with Gasteiger partial charge in [0, 0.05) is 4.90 Å². The lowest BCUT2D eigenvalue weighted by Gasteiger charge is -2.02. The molecule has 0 aliphatic carbocycles. The number of amides is 1. The Bertz CT molecular complexity index is 309. The summed E-state index contributed by atoms with van der Waals surface area (Å²) in [6.45, 7) is 3.95. The lowest BCUT2D eigenvalue weighted by atomic mass is 10.2. The largest absolute Gasteiger partial charge is 0.360 e. The van der Waals surface area contributed by atoms with Crippen LogP contribution in [0.1, 0.15) is 11.1 Å². The number of primary amides is 1. The maximum Gasteiger partial charge on any atom is 0.281 e. The predicted octanol–water partition coefficient (Wildman–Crippen LogP) is 2.47. The Morgan fingerprint density at radius 3 is 2.67 bits per heavy atom. The third kappa shape index (κ3) is 2.27. The first kappa shape index (κ1) is 9.13. The molecule has 0 heterocycles. The molecule has 0 fully saturated rings. The molecule has 0 saturated heterocycles. The van der Waals surface area contributed by atoms with Crippen molar-refractivity contribution in [1.29, 1.82) is 0 Å². The molecular formula is C9H11NOS. The van der Waals surface area contributed by atoms with E-state index in [1.807, 2.05) is 32.0 Å². The van der Waals surface area contributed by atoms with Gasteiger partial charge in [0.2, 0.25) is 0 Å². The zero-order valence-electron chi connectivity index (χ0n) is 7.13. The van der Waals surface area contributed by atoms with Gasteiger partial charge in [0.1, 0.15) is 0 Å². The van der Waals surface area contributed by atoms with E-state index in [0.717, 1.165) is 27.8 Å². The zero-order chi connectivity index (χ0) is 9.14. The predicted molar refractivity (Wildman–Crippen MR) is 51.4 cm³/mol. The second-order valence-corrected chi connectivity index (χ2v) is 3.74. The molecule has 0 aliphatic heterocycles. The van der Waals surface area contributed by atoms with Crippen molar-refractivity contribution >= 4 is 17.0 Å². The van der Waals surface area contributed by atoms with E-state index in [2.05, 4.69) is 0 Å². The van der Waals surface area contributed by atoms with Crippen molar-refractivity contribution in [3.8, 4) is 0 Å². The molecule has 0 radical (unpaired) electrons. The normalized spacial score (nSPS) is 9.83. The molecule has 2 nitrogen and oxygen atoms in total. The molecule has 1 aromatic rings. The van der Waals surface area contributed by atoms with Crippen molar-refractivity contribution in [3.05, 3.63) is 29.3 Å². The Labute approximate surface area is 76.2 Å². The molecule has 0 spiro atoms. The zero-order valence-corrected chi connectivity index (χ0v) is 7.94. The van der Waals surface area contributed by atoms with Crippen molar-refractivity contribution in [2.45, 2.75) is 18.7 Å². The lowest BCUT2D eigenvalue weighted by molar-refractivity contribution is 0.267. The fourth-order valence-electron chi connectivity index (χ4n) is 0.926. The van der Waals surface area contributed by atoms with Gasteiger partial charge in [0.05, 0.1) is 0 Å². The van der Waals surface area contributed by atoms with Gasteiger partial charge in [-0.3, -0.25) is 4.79 Å². The van der Waals surface area contributed by atoms with Crippen LogP contribution >= 0.6 is 11.8 Å². The van der Waals surface area contributed by atoms with Crippen LogP contribution in [0.3, 0.4) is 0 Å². The van der Waals surface area contributed by atoms with E-state index in [4.69, 9.17) is 5.73 Å². The van der Waals surface area contributed by atoms with E-state index in [0.29, 0.717) is 0 Å².